The second kappa shape index (κ2) is 8.79. The highest BCUT2D eigenvalue weighted by atomic mass is 32.1. The second-order valence-corrected chi connectivity index (χ2v) is 4.95. The highest BCUT2D eigenvalue weighted by Crippen LogP contribution is 2.09. The molecule has 0 unspecified atom stereocenters. The summed E-state index contributed by atoms with van der Waals surface area (Å²) in [6.45, 7) is -0.580. The summed E-state index contributed by atoms with van der Waals surface area (Å²) in [6.07, 6.45) is 0.162. The number of rotatable bonds is 8. The highest BCUT2D eigenvalue weighted by Gasteiger charge is 2.23. The fourth-order valence-electron chi connectivity index (χ4n) is 1.79. The molecular formula is C14H16N2O6S. The summed E-state index contributed by atoms with van der Waals surface area (Å²) in [5.41, 5.74) is -0.282. The lowest BCUT2D eigenvalue weighted by Gasteiger charge is -2.17. The van der Waals surface area contributed by atoms with Crippen molar-refractivity contribution in [2.75, 3.05) is 12.3 Å². The van der Waals surface area contributed by atoms with Gasteiger partial charge in [0.1, 0.15) is 12.6 Å². The zero-order valence-corrected chi connectivity index (χ0v) is 12.9. The van der Waals surface area contributed by atoms with Crippen molar-refractivity contribution in [3.63, 3.8) is 0 Å². The average molecular weight is 340 g/mol. The monoisotopic (exact) mass is 340 g/mol. The van der Waals surface area contributed by atoms with E-state index in [0.29, 0.717) is 0 Å². The largest absolute Gasteiger partial charge is 0.480 e. The van der Waals surface area contributed by atoms with Gasteiger partial charge >= 0.3 is 11.9 Å². The van der Waals surface area contributed by atoms with Crippen molar-refractivity contribution in [2.45, 2.75) is 12.5 Å². The van der Waals surface area contributed by atoms with E-state index in [-0.39, 0.29) is 23.3 Å². The molecule has 124 valence electrons. The molecule has 0 bridgehead atoms. The molecule has 8 nitrogen and oxygen atoms in total. The molecule has 0 aliphatic rings. The number of nitrogens with one attached hydrogen (secondary N) is 2. The summed E-state index contributed by atoms with van der Waals surface area (Å²) >= 11 is 3.98. The zero-order chi connectivity index (χ0) is 17.4. The van der Waals surface area contributed by atoms with Crippen molar-refractivity contribution >= 4 is 36.4 Å². The van der Waals surface area contributed by atoms with Gasteiger partial charge in [-0.15, -0.1) is 0 Å². The lowest BCUT2D eigenvalue weighted by Crippen LogP contribution is -2.48. The van der Waals surface area contributed by atoms with Crippen molar-refractivity contribution in [1.82, 2.24) is 10.6 Å². The molecule has 0 saturated carbocycles. The minimum atomic E-state index is -1.27. The first-order chi connectivity index (χ1) is 10.9. The van der Waals surface area contributed by atoms with Gasteiger partial charge in [-0.25, -0.2) is 4.79 Å². The van der Waals surface area contributed by atoms with Crippen LogP contribution in [0.5, 0.6) is 0 Å². The number of carbonyl (C=O) groups is 4. The molecule has 1 aromatic rings. The Morgan fingerprint density at radius 1 is 1.09 bits per heavy atom. The van der Waals surface area contributed by atoms with Gasteiger partial charge in [-0.05, 0) is 24.3 Å². The molecule has 0 heterocycles. The van der Waals surface area contributed by atoms with Crippen LogP contribution in [0.4, 0.5) is 0 Å². The summed E-state index contributed by atoms with van der Waals surface area (Å²) in [5, 5.41) is 22.2. The van der Waals surface area contributed by atoms with Gasteiger partial charge in [-0.3, -0.25) is 14.4 Å². The van der Waals surface area contributed by atoms with Crippen LogP contribution in [0.25, 0.3) is 0 Å². The van der Waals surface area contributed by atoms with Gasteiger partial charge in [0, 0.05) is 0 Å². The van der Waals surface area contributed by atoms with Gasteiger partial charge in [0.2, 0.25) is 5.91 Å². The maximum Gasteiger partial charge on any atom is 0.336 e. The third-order valence-corrected chi connectivity index (χ3v) is 3.11. The number of hydrogen-bond acceptors (Lipinski definition) is 5. The first-order valence-electron chi connectivity index (χ1n) is 6.60. The molecule has 1 rings (SSSR count). The maximum absolute atomic E-state index is 12.2. The van der Waals surface area contributed by atoms with E-state index >= 15 is 0 Å². The SMILES string of the molecule is O=C(O)CNC(=O)[C@H](CCS)NC(=O)c1ccccc1C(=O)O. The molecular weight excluding hydrogens is 324 g/mol. The van der Waals surface area contributed by atoms with E-state index in [4.69, 9.17) is 10.2 Å². The van der Waals surface area contributed by atoms with Gasteiger partial charge in [-0.2, -0.15) is 12.6 Å². The Hall–Kier alpha value is -2.55. The van der Waals surface area contributed by atoms with E-state index in [2.05, 4.69) is 23.3 Å². The molecule has 23 heavy (non-hydrogen) atoms. The van der Waals surface area contributed by atoms with Gasteiger partial charge in [-0.1, -0.05) is 12.1 Å². The van der Waals surface area contributed by atoms with Gasteiger partial charge < -0.3 is 20.8 Å². The summed E-state index contributed by atoms with van der Waals surface area (Å²) in [7, 11) is 0. The van der Waals surface area contributed by atoms with Crippen molar-refractivity contribution < 1.29 is 29.4 Å². The van der Waals surface area contributed by atoms with Crippen LogP contribution in [0.3, 0.4) is 0 Å². The third kappa shape index (κ3) is 5.62. The van der Waals surface area contributed by atoms with Crippen molar-refractivity contribution in [2.24, 2.45) is 0 Å². The molecule has 1 atom stereocenters. The number of carbonyl (C=O) groups excluding carboxylic acids is 2. The molecule has 4 N–H and O–H groups in total. The molecule has 0 aliphatic heterocycles. The Kier molecular flexibility index (Phi) is 7.07. The number of carboxylic acids is 2. The number of thiol groups is 1. The van der Waals surface area contributed by atoms with Crippen LogP contribution in [0.15, 0.2) is 24.3 Å². The fraction of sp³-hybridized carbons (Fsp3) is 0.286. The molecule has 0 saturated heterocycles. The molecule has 0 aliphatic carbocycles. The van der Waals surface area contributed by atoms with Gasteiger partial charge in [0.15, 0.2) is 0 Å². The smallest absolute Gasteiger partial charge is 0.336 e. The van der Waals surface area contributed by atoms with E-state index in [1.165, 1.54) is 24.3 Å². The number of benzene rings is 1. The Balaban J connectivity index is 2.88. The maximum atomic E-state index is 12.2. The van der Waals surface area contributed by atoms with Crippen LogP contribution in [-0.4, -0.2) is 52.3 Å². The van der Waals surface area contributed by atoms with Crippen molar-refractivity contribution in [1.29, 1.82) is 0 Å². The molecule has 0 spiro atoms. The predicted octanol–water partition coefficient (Wildman–Crippen LogP) is 0.00390. The normalized spacial score (nSPS) is 11.3. The summed E-state index contributed by atoms with van der Waals surface area (Å²) < 4.78 is 0. The number of hydrogen-bond donors (Lipinski definition) is 5. The Morgan fingerprint density at radius 2 is 1.70 bits per heavy atom. The topological polar surface area (TPSA) is 133 Å². The first kappa shape index (κ1) is 18.5. The standard InChI is InChI=1S/C14H16N2O6S/c17-11(18)7-15-13(20)10(5-6-23)16-12(19)8-3-1-2-4-9(8)14(21)22/h1-4,10,23H,5-7H2,(H,15,20)(H,16,19)(H,17,18)(H,21,22)/t10-/m0/s1. The van der Waals surface area contributed by atoms with Crippen LogP contribution < -0.4 is 10.6 Å². The van der Waals surface area contributed by atoms with E-state index in [1.54, 1.807) is 0 Å². The Morgan fingerprint density at radius 3 is 2.22 bits per heavy atom. The number of aliphatic carboxylic acids is 1. The van der Waals surface area contributed by atoms with Gasteiger partial charge in [0.05, 0.1) is 11.1 Å². The average Bonchev–Trinajstić information content (AvgIpc) is 2.51. The van der Waals surface area contributed by atoms with Crippen molar-refractivity contribution in [3.8, 4) is 0 Å². The molecule has 1 aromatic carbocycles. The summed E-state index contributed by atoms with van der Waals surface area (Å²) in [4.78, 5) is 45.7. The van der Waals surface area contributed by atoms with E-state index in [0.717, 1.165) is 0 Å². The molecule has 9 heteroatoms. The van der Waals surface area contributed by atoms with Crippen LogP contribution in [0.1, 0.15) is 27.1 Å². The minimum absolute atomic E-state index is 0.0878. The second-order valence-electron chi connectivity index (χ2n) is 4.50. The third-order valence-electron chi connectivity index (χ3n) is 2.86. The molecule has 0 radical (unpaired) electrons. The first-order valence-corrected chi connectivity index (χ1v) is 7.23. The van der Waals surface area contributed by atoms with Crippen LogP contribution >= 0.6 is 12.6 Å². The minimum Gasteiger partial charge on any atom is -0.480 e. The van der Waals surface area contributed by atoms with Crippen LogP contribution in [0.2, 0.25) is 0 Å². The van der Waals surface area contributed by atoms with E-state index < -0.39 is 36.3 Å². The Labute approximate surface area is 137 Å². The van der Waals surface area contributed by atoms with E-state index in [1.807, 2.05) is 0 Å². The molecule has 0 fully saturated rings. The molecule has 0 aromatic heterocycles. The fourth-order valence-corrected chi connectivity index (χ4v) is 2.05. The van der Waals surface area contributed by atoms with Crippen LogP contribution in [-0.2, 0) is 9.59 Å². The van der Waals surface area contributed by atoms with Gasteiger partial charge in [0.25, 0.3) is 5.91 Å². The van der Waals surface area contributed by atoms with Crippen molar-refractivity contribution in [3.05, 3.63) is 35.4 Å². The summed E-state index contributed by atoms with van der Waals surface area (Å²) in [5.74, 6) is -3.63. The quantitative estimate of drug-likeness (QED) is 0.423. The lowest BCUT2D eigenvalue weighted by atomic mass is 10.1. The highest BCUT2D eigenvalue weighted by molar-refractivity contribution is 7.80. The number of carboxylic acid groups (broad SMARTS) is 2. The molecule has 2 amide bonds. The summed E-state index contributed by atoms with van der Waals surface area (Å²) in [6, 6.07) is 4.56. The number of amides is 2. The predicted molar refractivity (Wildman–Crippen MR) is 83.8 cm³/mol. The Bertz CT molecular complexity index is 619. The number of aromatic carboxylic acids is 1. The van der Waals surface area contributed by atoms with E-state index in [9.17, 15) is 19.2 Å². The van der Waals surface area contributed by atoms with Crippen LogP contribution in [0, 0.1) is 0 Å². The zero-order valence-electron chi connectivity index (χ0n) is 12.0. The lowest BCUT2D eigenvalue weighted by molar-refractivity contribution is -0.138.